The Morgan fingerprint density at radius 2 is 1.36 bits per heavy atom. The number of hydrogen-bond acceptors (Lipinski definition) is 8. The fourth-order valence-electron chi connectivity index (χ4n) is 4.03. The molecule has 45 heavy (non-hydrogen) atoms. The van der Waals surface area contributed by atoms with E-state index in [0.29, 0.717) is 5.69 Å². The molecule has 0 aliphatic rings. The van der Waals surface area contributed by atoms with Crippen LogP contribution in [0, 0.1) is 6.92 Å². The molecule has 0 aromatic heterocycles. The van der Waals surface area contributed by atoms with Gasteiger partial charge in [-0.2, -0.15) is 0 Å². The Bertz CT molecular complexity index is 1790. The first-order chi connectivity index (χ1) is 21.6. The topological polar surface area (TPSA) is 145 Å². The van der Waals surface area contributed by atoms with Crippen molar-refractivity contribution in [2.75, 3.05) is 5.32 Å². The summed E-state index contributed by atoms with van der Waals surface area (Å²) in [6.07, 6.45) is 1.81. The third-order valence-corrected chi connectivity index (χ3v) is 6.38. The van der Waals surface area contributed by atoms with Gasteiger partial charge in [-0.15, -0.1) is 0 Å². The monoisotopic (exact) mass is 604 g/mol. The van der Waals surface area contributed by atoms with Crippen molar-refractivity contribution in [3.8, 4) is 5.75 Å². The molecular weight excluding hydrogens is 576 g/mol. The van der Waals surface area contributed by atoms with E-state index in [4.69, 9.17) is 9.47 Å². The third-order valence-electron chi connectivity index (χ3n) is 6.38. The van der Waals surface area contributed by atoms with Crippen molar-refractivity contribution in [1.82, 2.24) is 5.32 Å². The molecule has 10 heteroatoms. The fourth-order valence-corrected chi connectivity index (χ4v) is 4.03. The minimum atomic E-state index is -1.23. The number of carbonyl (C=O) groups is 6. The summed E-state index contributed by atoms with van der Waals surface area (Å²) in [4.78, 5) is 75.8. The van der Waals surface area contributed by atoms with Gasteiger partial charge in [0.05, 0.1) is 11.1 Å². The van der Waals surface area contributed by atoms with E-state index in [1.165, 1.54) is 37.3 Å². The molecule has 4 aromatic rings. The zero-order chi connectivity index (χ0) is 32.3. The van der Waals surface area contributed by atoms with Crippen molar-refractivity contribution < 1.29 is 38.2 Å². The van der Waals surface area contributed by atoms with E-state index in [1.54, 1.807) is 18.2 Å². The van der Waals surface area contributed by atoms with E-state index in [0.717, 1.165) is 29.3 Å². The van der Waals surface area contributed by atoms with Crippen molar-refractivity contribution in [3.63, 3.8) is 0 Å². The van der Waals surface area contributed by atoms with Crippen LogP contribution in [0.3, 0.4) is 0 Å². The van der Waals surface area contributed by atoms with Crippen LogP contribution >= 0.6 is 0 Å². The van der Waals surface area contributed by atoms with Gasteiger partial charge in [-0.1, -0.05) is 60.2 Å². The van der Waals surface area contributed by atoms with Gasteiger partial charge in [0.1, 0.15) is 11.3 Å². The van der Waals surface area contributed by atoms with E-state index >= 15 is 0 Å². The highest BCUT2D eigenvalue weighted by molar-refractivity contribution is 6.10. The molecule has 0 saturated carbocycles. The van der Waals surface area contributed by atoms with Crippen molar-refractivity contribution in [2.24, 2.45) is 0 Å². The van der Waals surface area contributed by atoms with Crippen LogP contribution in [0.5, 0.6) is 5.75 Å². The second-order valence-electron chi connectivity index (χ2n) is 9.77. The number of nitrogens with one attached hydrogen (secondary N) is 2. The molecule has 0 aliphatic carbocycles. The summed E-state index contributed by atoms with van der Waals surface area (Å²) in [5.41, 5.74) is 1.86. The molecule has 0 bridgehead atoms. The number of ketones is 1. The average molecular weight is 605 g/mol. The molecule has 0 heterocycles. The van der Waals surface area contributed by atoms with Crippen molar-refractivity contribution in [1.29, 1.82) is 0 Å². The maximum atomic E-state index is 13.2. The van der Waals surface area contributed by atoms with E-state index in [9.17, 15) is 28.8 Å². The van der Waals surface area contributed by atoms with E-state index in [-0.39, 0.29) is 29.0 Å². The van der Waals surface area contributed by atoms with Gasteiger partial charge in [-0.3, -0.25) is 14.4 Å². The maximum absolute atomic E-state index is 13.2. The smallest absolute Gasteiger partial charge is 0.349 e. The van der Waals surface area contributed by atoms with Crippen molar-refractivity contribution >= 4 is 41.2 Å². The van der Waals surface area contributed by atoms with Crippen LogP contribution in [0.4, 0.5) is 5.69 Å². The number of esters is 3. The number of anilines is 1. The van der Waals surface area contributed by atoms with Crippen LogP contribution in [0.1, 0.15) is 59.5 Å². The van der Waals surface area contributed by atoms with Crippen LogP contribution in [0.25, 0.3) is 0 Å². The van der Waals surface area contributed by atoms with E-state index in [1.807, 2.05) is 49.4 Å². The maximum Gasteiger partial charge on any atom is 0.349 e. The predicted octanol–water partition coefficient (Wildman–Crippen LogP) is 5.23. The summed E-state index contributed by atoms with van der Waals surface area (Å²) in [6, 6.07) is 25.6. The minimum absolute atomic E-state index is 0.0237. The molecule has 0 radical (unpaired) electrons. The minimum Gasteiger partial charge on any atom is -0.422 e. The zero-order valence-corrected chi connectivity index (χ0v) is 24.4. The molecule has 0 unspecified atom stereocenters. The first kappa shape index (κ1) is 31.8. The first-order valence-corrected chi connectivity index (χ1v) is 13.7. The van der Waals surface area contributed by atoms with Gasteiger partial charge in [0.2, 0.25) is 5.91 Å². The van der Waals surface area contributed by atoms with Crippen molar-refractivity contribution in [2.45, 2.75) is 20.4 Å². The zero-order valence-electron chi connectivity index (χ0n) is 24.4. The molecule has 2 N–H and O–H groups in total. The summed E-state index contributed by atoms with van der Waals surface area (Å²) in [7, 11) is 0. The highest BCUT2D eigenvalue weighted by Crippen LogP contribution is 2.23. The number of hydrogen-bond donors (Lipinski definition) is 2. The Morgan fingerprint density at radius 1 is 0.711 bits per heavy atom. The Hall–Kier alpha value is -6.16. The van der Waals surface area contributed by atoms with Crippen molar-refractivity contribution in [3.05, 3.63) is 143 Å². The van der Waals surface area contributed by atoms with E-state index < -0.39 is 41.1 Å². The standard InChI is InChI=1S/C35H28N2O8/c1-22-12-15-26(16-13-22)37-31(39)18-19-32(40)44-30-17-14-25(23(2)38)20-29(30)35(43)45-34(42)28-11-7-6-10-27(28)33(41)36-21-24-8-4-3-5-9-24/h3-20H,21H2,1-2H3,(H,36,41)(H,37,39)/b19-18-. The molecule has 226 valence electrons. The molecule has 4 rings (SSSR count). The lowest BCUT2D eigenvalue weighted by atomic mass is 10.1. The molecule has 2 amide bonds. The first-order valence-electron chi connectivity index (χ1n) is 13.7. The van der Waals surface area contributed by atoms with Gasteiger partial charge in [-0.25, -0.2) is 14.4 Å². The Balaban J connectivity index is 1.47. The quantitative estimate of drug-likeness (QED) is 0.0824. The molecule has 0 fully saturated rings. The Kier molecular flexibility index (Phi) is 10.5. The summed E-state index contributed by atoms with van der Waals surface area (Å²) < 4.78 is 10.3. The summed E-state index contributed by atoms with van der Waals surface area (Å²) in [5.74, 6) is -5.26. The molecule has 0 aliphatic heterocycles. The molecular formula is C35H28N2O8. The SMILES string of the molecule is CC(=O)c1ccc(OC(=O)/C=C\C(=O)Nc2ccc(C)cc2)c(C(=O)OC(=O)c2ccccc2C(=O)NCc2ccccc2)c1. The normalized spacial score (nSPS) is 10.5. The molecule has 0 spiro atoms. The lowest BCUT2D eigenvalue weighted by molar-refractivity contribution is -0.129. The lowest BCUT2D eigenvalue weighted by Gasteiger charge is -2.12. The second kappa shape index (κ2) is 14.8. The molecule has 0 saturated heterocycles. The van der Waals surface area contributed by atoms with Gasteiger partial charge < -0.3 is 20.1 Å². The van der Waals surface area contributed by atoms with Gasteiger partial charge in [-0.05, 0) is 61.9 Å². The highest BCUT2D eigenvalue weighted by Gasteiger charge is 2.24. The summed E-state index contributed by atoms with van der Waals surface area (Å²) in [6.45, 7) is 3.37. The average Bonchev–Trinajstić information content (AvgIpc) is 3.04. The van der Waals surface area contributed by atoms with Gasteiger partial charge >= 0.3 is 17.9 Å². The van der Waals surface area contributed by atoms with Crippen LogP contribution in [0.2, 0.25) is 0 Å². The number of aryl methyl sites for hydroxylation is 1. The number of amides is 2. The molecule has 4 aromatic carbocycles. The Morgan fingerprint density at radius 3 is 2.04 bits per heavy atom. The van der Waals surface area contributed by atoms with E-state index in [2.05, 4.69) is 10.6 Å². The van der Waals surface area contributed by atoms with Gasteiger partial charge in [0, 0.05) is 29.9 Å². The number of ether oxygens (including phenoxy) is 2. The van der Waals surface area contributed by atoms with Gasteiger partial charge in [0.25, 0.3) is 5.91 Å². The number of carbonyl (C=O) groups excluding carboxylic acids is 6. The third kappa shape index (κ3) is 8.91. The second-order valence-corrected chi connectivity index (χ2v) is 9.77. The van der Waals surface area contributed by atoms with Crippen LogP contribution in [0.15, 0.2) is 109 Å². The lowest BCUT2D eigenvalue weighted by Crippen LogP contribution is -2.26. The Labute approximate surface area is 258 Å². The predicted molar refractivity (Wildman–Crippen MR) is 165 cm³/mol. The fraction of sp³-hybridized carbons (Fsp3) is 0.0857. The van der Waals surface area contributed by atoms with Crippen LogP contribution in [-0.2, 0) is 20.9 Å². The van der Waals surface area contributed by atoms with Gasteiger partial charge in [0.15, 0.2) is 5.78 Å². The molecule has 0 atom stereocenters. The highest BCUT2D eigenvalue weighted by atomic mass is 16.6. The summed E-state index contributed by atoms with van der Waals surface area (Å²) >= 11 is 0. The van der Waals surface area contributed by atoms with Crippen LogP contribution in [-0.4, -0.2) is 35.5 Å². The van der Waals surface area contributed by atoms with Crippen LogP contribution < -0.4 is 15.4 Å². The number of benzene rings is 4. The summed E-state index contributed by atoms with van der Waals surface area (Å²) in [5, 5.41) is 5.31. The molecule has 10 nitrogen and oxygen atoms in total. The largest absolute Gasteiger partial charge is 0.422 e. The number of rotatable bonds is 10. The number of Topliss-reactive ketones (excluding diaryl/α,β-unsaturated/α-hetero) is 1.